The molecular weight excluding hydrogens is 270 g/mol. The highest BCUT2D eigenvalue weighted by molar-refractivity contribution is 5.84. The average molecular weight is 295 g/mol. The van der Waals surface area contributed by atoms with Crippen LogP contribution in [0.3, 0.4) is 0 Å². The number of carboxylic acid groups (broad SMARTS) is 1. The SMILES string of the molecule is Cc1nn(C)c(C)c1C(C)C(=O)N(CCC(=O)O)C(C)C. The lowest BCUT2D eigenvalue weighted by Crippen LogP contribution is -2.41. The number of carbonyl (C=O) groups is 2. The number of hydrogen-bond acceptors (Lipinski definition) is 3. The normalized spacial score (nSPS) is 12.5. The van der Waals surface area contributed by atoms with Gasteiger partial charge in [0.15, 0.2) is 0 Å². The van der Waals surface area contributed by atoms with Gasteiger partial charge >= 0.3 is 5.97 Å². The summed E-state index contributed by atoms with van der Waals surface area (Å²) in [5, 5.41) is 13.2. The zero-order chi connectivity index (χ0) is 16.3. The number of nitrogens with zero attached hydrogens (tertiary/aromatic N) is 3. The van der Waals surface area contributed by atoms with E-state index in [1.807, 2.05) is 41.7 Å². The lowest BCUT2D eigenvalue weighted by Gasteiger charge is -2.29. The zero-order valence-electron chi connectivity index (χ0n) is 13.7. The van der Waals surface area contributed by atoms with Gasteiger partial charge < -0.3 is 10.0 Å². The maximum Gasteiger partial charge on any atom is 0.305 e. The van der Waals surface area contributed by atoms with Crippen LogP contribution in [0.2, 0.25) is 0 Å². The van der Waals surface area contributed by atoms with Crippen LogP contribution < -0.4 is 0 Å². The Balaban J connectivity index is 3.00. The quantitative estimate of drug-likeness (QED) is 0.869. The largest absolute Gasteiger partial charge is 0.481 e. The molecule has 0 saturated heterocycles. The molecule has 21 heavy (non-hydrogen) atoms. The standard InChI is InChI=1S/C15H25N3O3/c1-9(2)18(8-7-13(19)20)15(21)10(3)14-11(4)16-17(6)12(14)5/h9-10H,7-8H2,1-6H3,(H,19,20). The molecule has 0 radical (unpaired) electrons. The summed E-state index contributed by atoms with van der Waals surface area (Å²) < 4.78 is 1.77. The van der Waals surface area contributed by atoms with Gasteiger partial charge in [0.1, 0.15) is 0 Å². The zero-order valence-corrected chi connectivity index (χ0v) is 13.7. The molecule has 0 aliphatic heterocycles. The summed E-state index contributed by atoms with van der Waals surface area (Å²) in [6.07, 6.45) is -0.0400. The van der Waals surface area contributed by atoms with Gasteiger partial charge in [-0.05, 0) is 34.6 Å². The molecule has 0 bridgehead atoms. The molecule has 1 heterocycles. The predicted molar refractivity (Wildman–Crippen MR) is 80.2 cm³/mol. The maximum absolute atomic E-state index is 12.7. The molecule has 0 fully saturated rings. The van der Waals surface area contributed by atoms with Crippen molar-refractivity contribution in [2.24, 2.45) is 7.05 Å². The second kappa shape index (κ2) is 6.74. The van der Waals surface area contributed by atoms with Gasteiger partial charge in [-0.15, -0.1) is 0 Å². The molecular formula is C15H25N3O3. The second-order valence-corrected chi connectivity index (χ2v) is 5.70. The van der Waals surface area contributed by atoms with Gasteiger partial charge in [0, 0.05) is 30.9 Å². The minimum atomic E-state index is -0.894. The van der Waals surface area contributed by atoms with Crippen molar-refractivity contribution in [1.82, 2.24) is 14.7 Å². The molecule has 118 valence electrons. The van der Waals surface area contributed by atoms with Gasteiger partial charge in [-0.1, -0.05) is 0 Å². The number of hydrogen-bond donors (Lipinski definition) is 1. The number of amides is 1. The van der Waals surface area contributed by atoms with Crippen molar-refractivity contribution in [2.75, 3.05) is 6.54 Å². The Kier molecular flexibility index (Phi) is 5.52. The first kappa shape index (κ1) is 17.2. The molecule has 0 saturated carbocycles. The predicted octanol–water partition coefficient (Wildman–Crippen LogP) is 1.85. The third-order valence-electron chi connectivity index (χ3n) is 3.84. The second-order valence-electron chi connectivity index (χ2n) is 5.70. The molecule has 1 atom stereocenters. The molecule has 6 heteroatoms. The van der Waals surface area contributed by atoms with E-state index in [-0.39, 0.29) is 30.8 Å². The van der Waals surface area contributed by atoms with Crippen LogP contribution in [-0.4, -0.2) is 44.3 Å². The number of aryl methyl sites for hydroxylation is 2. The van der Waals surface area contributed by atoms with Gasteiger partial charge in [0.2, 0.25) is 5.91 Å². The van der Waals surface area contributed by atoms with E-state index in [1.165, 1.54) is 0 Å². The Labute approximate surface area is 125 Å². The van der Waals surface area contributed by atoms with Crippen molar-refractivity contribution in [1.29, 1.82) is 0 Å². The Morgan fingerprint density at radius 1 is 1.29 bits per heavy atom. The topological polar surface area (TPSA) is 75.4 Å². The van der Waals surface area contributed by atoms with Crippen LogP contribution in [0.1, 0.15) is 50.1 Å². The van der Waals surface area contributed by atoms with Gasteiger partial charge in [0.25, 0.3) is 0 Å². The van der Waals surface area contributed by atoms with E-state index in [0.29, 0.717) is 0 Å². The Morgan fingerprint density at radius 2 is 1.86 bits per heavy atom. The molecule has 6 nitrogen and oxygen atoms in total. The first-order valence-corrected chi connectivity index (χ1v) is 7.19. The fourth-order valence-corrected chi connectivity index (χ4v) is 2.63. The average Bonchev–Trinajstić information content (AvgIpc) is 2.61. The fourth-order valence-electron chi connectivity index (χ4n) is 2.63. The molecule has 0 aromatic carbocycles. The number of carbonyl (C=O) groups excluding carboxylic acids is 1. The Hall–Kier alpha value is -1.85. The molecule has 0 aliphatic rings. The van der Waals surface area contributed by atoms with Crippen LogP contribution in [0, 0.1) is 13.8 Å². The van der Waals surface area contributed by atoms with E-state index in [9.17, 15) is 9.59 Å². The summed E-state index contributed by atoms with van der Waals surface area (Å²) in [4.78, 5) is 25.1. The molecule has 1 unspecified atom stereocenters. The minimum Gasteiger partial charge on any atom is -0.481 e. The number of rotatable bonds is 6. The first-order chi connectivity index (χ1) is 9.66. The molecule has 1 amide bonds. The fraction of sp³-hybridized carbons (Fsp3) is 0.667. The Bertz CT molecular complexity index is 535. The van der Waals surface area contributed by atoms with E-state index < -0.39 is 5.97 Å². The summed E-state index contributed by atoms with van der Waals surface area (Å²) in [6.45, 7) is 9.72. The summed E-state index contributed by atoms with van der Waals surface area (Å²) in [5.41, 5.74) is 2.75. The van der Waals surface area contributed by atoms with Crippen LogP contribution >= 0.6 is 0 Å². The summed E-state index contributed by atoms with van der Waals surface area (Å²) >= 11 is 0. The van der Waals surface area contributed by atoms with Crippen LogP contribution in [0.5, 0.6) is 0 Å². The van der Waals surface area contributed by atoms with Crippen LogP contribution in [0.15, 0.2) is 0 Å². The number of carboxylic acids is 1. The van der Waals surface area contributed by atoms with Gasteiger partial charge in [-0.3, -0.25) is 14.3 Å². The van der Waals surface area contributed by atoms with E-state index >= 15 is 0 Å². The molecule has 1 N–H and O–H groups in total. The van der Waals surface area contributed by atoms with E-state index in [4.69, 9.17) is 5.11 Å². The van der Waals surface area contributed by atoms with E-state index in [2.05, 4.69) is 5.10 Å². The lowest BCUT2D eigenvalue weighted by atomic mass is 9.97. The van der Waals surface area contributed by atoms with Crippen molar-refractivity contribution < 1.29 is 14.7 Å². The summed E-state index contributed by atoms with van der Waals surface area (Å²) in [6, 6.07) is -0.0309. The Morgan fingerprint density at radius 3 is 2.24 bits per heavy atom. The van der Waals surface area contributed by atoms with Crippen molar-refractivity contribution in [2.45, 2.75) is 53.0 Å². The summed E-state index contributed by atoms with van der Waals surface area (Å²) in [7, 11) is 1.85. The van der Waals surface area contributed by atoms with Crippen LogP contribution in [-0.2, 0) is 16.6 Å². The highest BCUT2D eigenvalue weighted by Crippen LogP contribution is 2.25. The van der Waals surface area contributed by atoms with Crippen molar-refractivity contribution in [3.63, 3.8) is 0 Å². The molecule has 0 spiro atoms. The van der Waals surface area contributed by atoms with E-state index in [1.54, 1.807) is 9.58 Å². The van der Waals surface area contributed by atoms with Crippen LogP contribution in [0.25, 0.3) is 0 Å². The smallest absolute Gasteiger partial charge is 0.305 e. The maximum atomic E-state index is 12.7. The molecule has 1 rings (SSSR count). The van der Waals surface area contributed by atoms with Crippen molar-refractivity contribution in [3.05, 3.63) is 17.0 Å². The van der Waals surface area contributed by atoms with Gasteiger partial charge in [-0.2, -0.15) is 5.10 Å². The highest BCUT2D eigenvalue weighted by Gasteiger charge is 2.28. The lowest BCUT2D eigenvalue weighted by molar-refractivity contribution is -0.139. The highest BCUT2D eigenvalue weighted by atomic mass is 16.4. The number of aliphatic carboxylic acids is 1. The minimum absolute atomic E-state index is 0.0309. The monoisotopic (exact) mass is 295 g/mol. The first-order valence-electron chi connectivity index (χ1n) is 7.19. The molecule has 1 aromatic rings. The van der Waals surface area contributed by atoms with Crippen molar-refractivity contribution in [3.8, 4) is 0 Å². The number of aromatic nitrogens is 2. The third-order valence-corrected chi connectivity index (χ3v) is 3.84. The van der Waals surface area contributed by atoms with Crippen LogP contribution in [0.4, 0.5) is 0 Å². The van der Waals surface area contributed by atoms with Gasteiger partial charge in [-0.25, -0.2) is 0 Å². The van der Waals surface area contributed by atoms with Crippen molar-refractivity contribution >= 4 is 11.9 Å². The molecule has 1 aromatic heterocycles. The van der Waals surface area contributed by atoms with E-state index in [0.717, 1.165) is 17.0 Å². The van der Waals surface area contributed by atoms with Gasteiger partial charge in [0.05, 0.1) is 18.0 Å². The summed E-state index contributed by atoms with van der Waals surface area (Å²) in [5.74, 6) is -1.27. The third kappa shape index (κ3) is 3.83. The molecule has 0 aliphatic carbocycles.